The average Bonchev–Trinajstić information content (AvgIpc) is 3.17. The number of aliphatic imine (C=N–C) groups is 1. The van der Waals surface area contributed by atoms with Gasteiger partial charge in [-0.2, -0.15) is 10.2 Å². The van der Waals surface area contributed by atoms with E-state index in [0.717, 1.165) is 28.3 Å². The number of hydrogen-bond acceptors (Lipinski definition) is 3. The van der Waals surface area contributed by atoms with E-state index in [1.54, 1.807) is 13.3 Å². The van der Waals surface area contributed by atoms with Crippen molar-refractivity contribution in [2.75, 3.05) is 7.11 Å². The number of aryl methyl sites for hydroxylation is 2. The van der Waals surface area contributed by atoms with Crippen LogP contribution in [0.3, 0.4) is 0 Å². The Morgan fingerprint density at radius 3 is 2.52 bits per heavy atom. The molecule has 0 saturated carbocycles. The highest BCUT2D eigenvalue weighted by Gasteiger charge is 2.17. The number of methoxy groups -OCH3 is 1. The largest absolute Gasteiger partial charge is 0.481 e. The molecule has 0 unspecified atom stereocenters. The van der Waals surface area contributed by atoms with Crippen LogP contribution < -0.4 is 4.68 Å². The number of H-pyrrole nitrogens is 1. The molecule has 3 aromatic rings. The Bertz CT molecular complexity index is 829. The van der Waals surface area contributed by atoms with Crippen LogP contribution in [0.15, 0.2) is 47.7 Å². The van der Waals surface area contributed by atoms with Crippen molar-refractivity contribution in [2.45, 2.75) is 13.8 Å². The van der Waals surface area contributed by atoms with Crippen LogP contribution >= 0.6 is 0 Å². The van der Waals surface area contributed by atoms with Gasteiger partial charge in [0.2, 0.25) is 11.6 Å². The van der Waals surface area contributed by atoms with E-state index in [1.165, 1.54) is 0 Å². The van der Waals surface area contributed by atoms with Crippen molar-refractivity contribution < 1.29 is 9.42 Å². The van der Waals surface area contributed by atoms with Crippen LogP contribution in [0.5, 0.6) is 0 Å². The first kappa shape index (κ1) is 15.0. The van der Waals surface area contributed by atoms with E-state index < -0.39 is 0 Å². The molecular formula is C17H20N5O+. The van der Waals surface area contributed by atoms with Gasteiger partial charge in [0.1, 0.15) is 5.69 Å². The van der Waals surface area contributed by atoms with Crippen LogP contribution in [0.4, 0.5) is 5.69 Å². The summed E-state index contributed by atoms with van der Waals surface area (Å²) in [4.78, 5) is 4.68. The third-order valence-electron chi connectivity index (χ3n) is 3.83. The van der Waals surface area contributed by atoms with Gasteiger partial charge < -0.3 is 4.74 Å². The highest BCUT2D eigenvalue weighted by molar-refractivity contribution is 5.96. The summed E-state index contributed by atoms with van der Waals surface area (Å²) >= 11 is 0. The Kier molecular flexibility index (Phi) is 3.97. The van der Waals surface area contributed by atoms with Crippen molar-refractivity contribution in [3.63, 3.8) is 0 Å². The predicted molar refractivity (Wildman–Crippen MR) is 88.2 cm³/mol. The van der Waals surface area contributed by atoms with Gasteiger partial charge in [-0.15, -0.1) is 4.68 Å². The molecule has 0 aliphatic carbocycles. The Labute approximate surface area is 135 Å². The standard InChI is InChI=1S/C17H19N5O/c1-12-16(13(2)21(3)20-12)19-17(23-4)14-6-8-15(9-7-14)22-11-5-10-18-22/h5-11H,1-4H3/p+1. The predicted octanol–water partition coefficient (Wildman–Crippen LogP) is 2.37. The third kappa shape index (κ3) is 2.88. The quantitative estimate of drug-likeness (QED) is 0.459. The molecule has 6 heteroatoms. The molecule has 0 atom stereocenters. The lowest BCUT2D eigenvalue weighted by molar-refractivity contribution is -0.732. The van der Waals surface area contributed by atoms with Gasteiger partial charge in [0, 0.05) is 24.9 Å². The zero-order valence-electron chi connectivity index (χ0n) is 13.7. The van der Waals surface area contributed by atoms with Crippen molar-refractivity contribution >= 4 is 11.6 Å². The highest BCUT2D eigenvalue weighted by Crippen LogP contribution is 2.21. The molecule has 2 aromatic heterocycles. The summed E-state index contributed by atoms with van der Waals surface area (Å²) in [5.74, 6) is 0.586. The second kappa shape index (κ2) is 6.08. The van der Waals surface area contributed by atoms with Crippen LogP contribution in [0.25, 0.3) is 5.69 Å². The Morgan fingerprint density at radius 1 is 1.26 bits per heavy atom. The SMILES string of the molecule is COC(=Nc1c(C)[nH][n+](C)c1C)c1ccc(-n2cccn2)cc1. The maximum atomic E-state index is 5.49. The van der Waals surface area contributed by atoms with Crippen LogP contribution in [0, 0.1) is 13.8 Å². The smallest absolute Gasteiger partial charge is 0.230 e. The molecule has 0 saturated heterocycles. The van der Waals surface area contributed by atoms with Gasteiger partial charge in [-0.1, -0.05) is 0 Å². The van der Waals surface area contributed by atoms with Gasteiger partial charge >= 0.3 is 0 Å². The number of hydrogen-bond donors (Lipinski definition) is 1. The van der Waals surface area contributed by atoms with Crippen molar-refractivity contribution in [1.29, 1.82) is 0 Å². The van der Waals surface area contributed by atoms with Crippen LogP contribution in [-0.4, -0.2) is 27.9 Å². The second-order valence-corrected chi connectivity index (χ2v) is 5.35. The fourth-order valence-electron chi connectivity index (χ4n) is 2.49. The zero-order chi connectivity index (χ0) is 16.4. The molecular weight excluding hydrogens is 290 g/mol. The molecule has 0 amide bonds. The van der Waals surface area contributed by atoms with Gasteiger partial charge in [-0.05, 0) is 37.3 Å². The summed E-state index contributed by atoms with van der Waals surface area (Å²) in [6.45, 7) is 4.02. The molecule has 0 fully saturated rings. The van der Waals surface area contributed by atoms with Gasteiger partial charge in [-0.25, -0.2) is 9.67 Å². The molecule has 0 bridgehead atoms. The number of benzene rings is 1. The fourth-order valence-corrected chi connectivity index (χ4v) is 2.49. The van der Waals surface area contributed by atoms with Gasteiger partial charge in [0.25, 0.3) is 0 Å². The van der Waals surface area contributed by atoms with Gasteiger partial charge in [0.05, 0.1) is 12.8 Å². The van der Waals surface area contributed by atoms with E-state index in [9.17, 15) is 0 Å². The van der Waals surface area contributed by atoms with Crippen molar-refractivity contribution in [3.05, 3.63) is 59.7 Å². The van der Waals surface area contributed by atoms with Crippen LogP contribution in [0.1, 0.15) is 17.0 Å². The summed E-state index contributed by atoms with van der Waals surface area (Å²) in [6.07, 6.45) is 3.67. The first-order chi connectivity index (χ1) is 11.1. The summed E-state index contributed by atoms with van der Waals surface area (Å²) in [5.41, 5.74) is 4.89. The van der Waals surface area contributed by atoms with E-state index in [4.69, 9.17) is 4.74 Å². The monoisotopic (exact) mass is 310 g/mol. The average molecular weight is 310 g/mol. The molecule has 3 rings (SSSR count). The Hall–Kier alpha value is -2.89. The molecule has 6 nitrogen and oxygen atoms in total. The minimum absolute atomic E-state index is 0.586. The Morgan fingerprint density at radius 2 is 2.00 bits per heavy atom. The van der Waals surface area contributed by atoms with E-state index in [2.05, 4.69) is 15.2 Å². The lowest BCUT2D eigenvalue weighted by Gasteiger charge is -2.06. The molecule has 0 radical (unpaired) electrons. The fraction of sp³-hybridized carbons (Fsp3) is 0.235. The molecule has 0 spiro atoms. The van der Waals surface area contributed by atoms with E-state index >= 15 is 0 Å². The highest BCUT2D eigenvalue weighted by atomic mass is 16.5. The number of aromatic amines is 1. The molecule has 0 aliphatic rings. The zero-order valence-corrected chi connectivity index (χ0v) is 13.7. The molecule has 23 heavy (non-hydrogen) atoms. The normalized spacial score (nSPS) is 11.7. The van der Waals surface area contributed by atoms with Crippen LogP contribution in [0.2, 0.25) is 0 Å². The molecule has 0 aliphatic heterocycles. The number of ether oxygens (including phenoxy) is 1. The number of aromatic nitrogens is 4. The summed E-state index contributed by atoms with van der Waals surface area (Å²) in [7, 11) is 3.60. The first-order valence-electron chi connectivity index (χ1n) is 7.38. The summed E-state index contributed by atoms with van der Waals surface area (Å²) in [6, 6.07) is 9.85. The van der Waals surface area contributed by atoms with Crippen molar-refractivity contribution in [1.82, 2.24) is 14.9 Å². The van der Waals surface area contributed by atoms with E-state index in [0.29, 0.717) is 5.90 Å². The minimum atomic E-state index is 0.586. The van der Waals surface area contributed by atoms with E-state index in [-0.39, 0.29) is 0 Å². The molecule has 1 aromatic carbocycles. The summed E-state index contributed by atoms with van der Waals surface area (Å²) < 4.78 is 9.25. The number of nitrogens with one attached hydrogen (secondary N) is 1. The second-order valence-electron chi connectivity index (χ2n) is 5.35. The third-order valence-corrected chi connectivity index (χ3v) is 3.83. The van der Waals surface area contributed by atoms with Gasteiger partial charge in [-0.3, -0.25) is 0 Å². The lowest BCUT2D eigenvalue weighted by atomic mass is 10.2. The molecule has 1 N–H and O–H groups in total. The minimum Gasteiger partial charge on any atom is -0.481 e. The maximum absolute atomic E-state index is 5.49. The van der Waals surface area contributed by atoms with Crippen molar-refractivity contribution in [3.8, 4) is 5.69 Å². The number of rotatable bonds is 3. The Balaban J connectivity index is 1.96. The lowest BCUT2D eigenvalue weighted by Crippen LogP contribution is -2.32. The van der Waals surface area contributed by atoms with E-state index in [1.807, 2.05) is 66.8 Å². The van der Waals surface area contributed by atoms with Gasteiger partial charge in [0.15, 0.2) is 12.7 Å². The maximum Gasteiger partial charge on any atom is 0.230 e. The first-order valence-corrected chi connectivity index (χ1v) is 7.38. The van der Waals surface area contributed by atoms with Crippen LogP contribution in [-0.2, 0) is 11.8 Å². The van der Waals surface area contributed by atoms with Crippen molar-refractivity contribution in [2.24, 2.45) is 12.0 Å². The molecule has 118 valence electrons. The number of nitrogens with zero attached hydrogens (tertiary/aromatic N) is 4. The summed E-state index contributed by atoms with van der Waals surface area (Å²) in [5, 5.41) is 7.45. The molecule has 2 heterocycles. The topological polar surface area (TPSA) is 59.1 Å².